The first-order valence-electron chi connectivity index (χ1n) is 7.88. The maximum absolute atomic E-state index is 12.4. The molecular weight excluding hydrogens is 328 g/mol. The molecule has 0 saturated carbocycles. The molecule has 0 bridgehead atoms. The summed E-state index contributed by atoms with van der Waals surface area (Å²) in [7, 11) is -3.52. The summed E-state index contributed by atoms with van der Waals surface area (Å²) in [5, 5.41) is 0. The standard InChI is InChI=1S/C17H20N2O4S/c1-13-9-12-23-16(13)17(20)19-10-7-14(8-11-19)18-24(21,22)15-5-3-2-4-6-15/h2-6,9,12,14,18H,7-8,10-11H2,1H3. The SMILES string of the molecule is Cc1ccoc1C(=O)N1CCC(NS(=O)(=O)c2ccccc2)CC1. The normalized spacial score (nSPS) is 16.3. The third-order valence-corrected chi connectivity index (χ3v) is 5.75. The van der Waals surface area contributed by atoms with Gasteiger partial charge in [-0.05, 0) is 38.0 Å². The molecule has 6 nitrogen and oxygen atoms in total. The van der Waals surface area contributed by atoms with E-state index in [-0.39, 0.29) is 16.8 Å². The summed E-state index contributed by atoms with van der Waals surface area (Å²) in [5.41, 5.74) is 0.812. The highest BCUT2D eigenvalue weighted by Gasteiger charge is 2.28. The van der Waals surface area contributed by atoms with Crippen molar-refractivity contribution in [3.05, 3.63) is 54.0 Å². The number of amides is 1. The molecule has 24 heavy (non-hydrogen) atoms. The molecule has 1 fully saturated rings. The van der Waals surface area contributed by atoms with Gasteiger partial charge in [0.05, 0.1) is 11.2 Å². The number of likely N-dealkylation sites (tertiary alicyclic amines) is 1. The molecule has 7 heteroatoms. The van der Waals surface area contributed by atoms with E-state index in [4.69, 9.17) is 4.42 Å². The lowest BCUT2D eigenvalue weighted by atomic mass is 10.1. The van der Waals surface area contributed by atoms with E-state index in [0.717, 1.165) is 5.56 Å². The average Bonchev–Trinajstić information content (AvgIpc) is 3.01. The van der Waals surface area contributed by atoms with Crippen molar-refractivity contribution >= 4 is 15.9 Å². The minimum atomic E-state index is -3.52. The van der Waals surface area contributed by atoms with Crippen LogP contribution in [-0.4, -0.2) is 38.4 Å². The summed E-state index contributed by atoms with van der Waals surface area (Å²) in [5.74, 6) is 0.222. The first-order valence-corrected chi connectivity index (χ1v) is 9.36. The number of benzene rings is 1. The number of sulfonamides is 1. The first-order chi connectivity index (χ1) is 11.5. The topological polar surface area (TPSA) is 79.6 Å². The summed E-state index contributed by atoms with van der Waals surface area (Å²) in [6, 6.07) is 9.90. The third kappa shape index (κ3) is 3.52. The Morgan fingerprint density at radius 1 is 1.17 bits per heavy atom. The van der Waals surface area contributed by atoms with Crippen LogP contribution in [0.5, 0.6) is 0 Å². The van der Waals surface area contributed by atoms with Gasteiger partial charge in [-0.25, -0.2) is 13.1 Å². The molecule has 1 aliphatic rings. The van der Waals surface area contributed by atoms with Gasteiger partial charge < -0.3 is 9.32 Å². The maximum atomic E-state index is 12.4. The highest BCUT2D eigenvalue weighted by Crippen LogP contribution is 2.18. The Balaban J connectivity index is 1.60. The minimum absolute atomic E-state index is 0.137. The van der Waals surface area contributed by atoms with Crippen LogP contribution in [0.15, 0.2) is 52.0 Å². The van der Waals surface area contributed by atoms with Crippen molar-refractivity contribution in [1.29, 1.82) is 0 Å². The van der Waals surface area contributed by atoms with Crippen LogP contribution in [0, 0.1) is 6.92 Å². The van der Waals surface area contributed by atoms with Crippen LogP contribution in [0.25, 0.3) is 0 Å². The van der Waals surface area contributed by atoms with Crippen molar-refractivity contribution in [2.75, 3.05) is 13.1 Å². The number of nitrogens with one attached hydrogen (secondary N) is 1. The number of furan rings is 1. The molecule has 0 aliphatic carbocycles. The fraction of sp³-hybridized carbons (Fsp3) is 0.353. The van der Waals surface area contributed by atoms with Gasteiger partial charge in [0.2, 0.25) is 10.0 Å². The van der Waals surface area contributed by atoms with Crippen LogP contribution >= 0.6 is 0 Å². The molecule has 1 aromatic heterocycles. The lowest BCUT2D eigenvalue weighted by Crippen LogP contribution is -2.46. The number of nitrogens with zero attached hydrogens (tertiary/aromatic N) is 1. The number of carbonyl (C=O) groups is 1. The van der Waals surface area contributed by atoms with Crippen LogP contribution in [0.1, 0.15) is 29.0 Å². The van der Waals surface area contributed by atoms with Crippen LogP contribution in [0.2, 0.25) is 0 Å². The lowest BCUT2D eigenvalue weighted by molar-refractivity contribution is 0.0678. The zero-order chi connectivity index (χ0) is 17.2. The van der Waals surface area contributed by atoms with Gasteiger partial charge in [0.25, 0.3) is 5.91 Å². The molecule has 1 N–H and O–H groups in total. The number of hydrogen-bond acceptors (Lipinski definition) is 4. The van der Waals surface area contributed by atoms with Crippen LogP contribution in [0.3, 0.4) is 0 Å². The Bertz CT molecular complexity index is 806. The zero-order valence-electron chi connectivity index (χ0n) is 13.4. The Hall–Kier alpha value is -2.12. The quantitative estimate of drug-likeness (QED) is 0.918. The second-order valence-corrected chi connectivity index (χ2v) is 7.65. The molecular formula is C17H20N2O4S. The summed E-state index contributed by atoms with van der Waals surface area (Å²) < 4.78 is 32.7. The van der Waals surface area contributed by atoms with E-state index in [2.05, 4.69) is 4.72 Å². The van der Waals surface area contributed by atoms with Gasteiger partial charge in [0, 0.05) is 24.7 Å². The second-order valence-electron chi connectivity index (χ2n) is 5.93. The van der Waals surface area contributed by atoms with Crippen LogP contribution < -0.4 is 4.72 Å². The lowest BCUT2D eigenvalue weighted by Gasteiger charge is -2.31. The van der Waals surface area contributed by atoms with E-state index in [9.17, 15) is 13.2 Å². The van der Waals surface area contributed by atoms with Crippen molar-refractivity contribution in [2.24, 2.45) is 0 Å². The maximum Gasteiger partial charge on any atom is 0.289 e. The highest BCUT2D eigenvalue weighted by atomic mass is 32.2. The van der Waals surface area contributed by atoms with E-state index in [1.807, 2.05) is 6.92 Å². The van der Waals surface area contributed by atoms with E-state index in [1.54, 1.807) is 41.3 Å². The molecule has 0 unspecified atom stereocenters. The largest absolute Gasteiger partial charge is 0.459 e. The number of carbonyl (C=O) groups excluding carboxylic acids is 1. The molecule has 3 rings (SSSR count). The van der Waals surface area contributed by atoms with Gasteiger partial charge in [-0.2, -0.15) is 0 Å². The molecule has 0 spiro atoms. The smallest absolute Gasteiger partial charge is 0.289 e. The average molecular weight is 348 g/mol. The van der Waals surface area contributed by atoms with Gasteiger partial charge >= 0.3 is 0 Å². The third-order valence-electron chi connectivity index (χ3n) is 4.21. The van der Waals surface area contributed by atoms with E-state index in [0.29, 0.717) is 31.7 Å². The van der Waals surface area contributed by atoms with Crippen molar-refractivity contribution in [1.82, 2.24) is 9.62 Å². The molecule has 2 heterocycles. The molecule has 128 valence electrons. The zero-order valence-corrected chi connectivity index (χ0v) is 14.3. The molecule has 2 aromatic rings. The number of aryl methyl sites for hydroxylation is 1. The number of rotatable bonds is 4. The van der Waals surface area contributed by atoms with Gasteiger partial charge in [-0.3, -0.25) is 4.79 Å². The highest BCUT2D eigenvalue weighted by molar-refractivity contribution is 7.89. The fourth-order valence-corrected chi connectivity index (χ4v) is 4.15. The van der Waals surface area contributed by atoms with E-state index >= 15 is 0 Å². The summed E-state index contributed by atoms with van der Waals surface area (Å²) in [6.45, 7) is 2.83. The van der Waals surface area contributed by atoms with Crippen molar-refractivity contribution in [3.8, 4) is 0 Å². The molecule has 1 aromatic carbocycles. The Morgan fingerprint density at radius 2 is 1.83 bits per heavy atom. The fourth-order valence-electron chi connectivity index (χ4n) is 2.82. The van der Waals surface area contributed by atoms with Crippen molar-refractivity contribution in [3.63, 3.8) is 0 Å². The van der Waals surface area contributed by atoms with Gasteiger partial charge in [-0.15, -0.1) is 0 Å². The number of piperidine rings is 1. The second kappa shape index (κ2) is 6.78. The molecule has 1 saturated heterocycles. The first kappa shape index (κ1) is 16.7. The Morgan fingerprint density at radius 3 is 2.42 bits per heavy atom. The Kier molecular flexibility index (Phi) is 4.73. The molecule has 1 amide bonds. The number of hydrogen-bond donors (Lipinski definition) is 1. The molecule has 1 aliphatic heterocycles. The van der Waals surface area contributed by atoms with Crippen molar-refractivity contribution in [2.45, 2.75) is 30.7 Å². The summed E-state index contributed by atoms with van der Waals surface area (Å²) in [4.78, 5) is 14.4. The summed E-state index contributed by atoms with van der Waals surface area (Å²) >= 11 is 0. The predicted octanol–water partition coefficient (Wildman–Crippen LogP) is 2.17. The van der Waals surface area contributed by atoms with Crippen molar-refractivity contribution < 1.29 is 17.6 Å². The summed E-state index contributed by atoms with van der Waals surface area (Å²) in [6.07, 6.45) is 2.67. The molecule has 0 radical (unpaired) electrons. The van der Waals surface area contributed by atoms with Crippen LogP contribution in [-0.2, 0) is 10.0 Å². The molecule has 0 atom stereocenters. The van der Waals surface area contributed by atoms with Gasteiger partial charge in [0.1, 0.15) is 0 Å². The van der Waals surface area contributed by atoms with Crippen LogP contribution in [0.4, 0.5) is 0 Å². The Labute approximate surface area is 141 Å². The monoisotopic (exact) mass is 348 g/mol. The minimum Gasteiger partial charge on any atom is -0.459 e. The van der Waals surface area contributed by atoms with E-state index in [1.165, 1.54) is 6.26 Å². The van der Waals surface area contributed by atoms with Gasteiger partial charge in [0.15, 0.2) is 5.76 Å². The predicted molar refractivity (Wildman–Crippen MR) is 89.1 cm³/mol. The van der Waals surface area contributed by atoms with E-state index < -0.39 is 10.0 Å². The van der Waals surface area contributed by atoms with Gasteiger partial charge in [-0.1, -0.05) is 18.2 Å².